The molecule has 4 heteroatoms. The van der Waals surface area contributed by atoms with Crippen molar-refractivity contribution in [3.63, 3.8) is 0 Å². The molecule has 0 heterocycles. The minimum Gasteiger partial charge on any atom is -0.304 e. The van der Waals surface area contributed by atoms with E-state index in [1.807, 2.05) is 24.3 Å². The molecule has 18 heavy (non-hydrogen) atoms. The number of halogens is 3. The zero-order chi connectivity index (χ0) is 13.1. The van der Waals surface area contributed by atoms with Gasteiger partial charge in [0.1, 0.15) is 0 Å². The molecule has 0 aliphatic heterocycles. The smallest absolute Gasteiger partial charge is 0.0511 e. The Hall–Kier alpha value is -0.830. The number of benzene rings is 2. The van der Waals surface area contributed by atoms with E-state index in [4.69, 9.17) is 28.6 Å². The lowest BCUT2D eigenvalue weighted by atomic mass is 10.0. The summed E-state index contributed by atoms with van der Waals surface area (Å²) in [6.45, 7) is 0. The second-order valence-corrected chi connectivity index (χ2v) is 5.67. The molecule has 0 unspecified atom stereocenters. The fourth-order valence-electron chi connectivity index (χ4n) is 1.64. The molecule has 0 radical (unpaired) electrons. The van der Waals surface area contributed by atoms with Crippen molar-refractivity contribution in [2.45, 2.75) is 6.42 Å². The summed E-state index contributed by atoms with van der Waals surface area (Å²) in [5.74, 6) is 0. The second-order valence-electron chi connectivity index (χ2n) is 3.91. The van der Waals surface area contributed by atoms with E-state index < -0.39 is 0 Å². The quantitative estimate of drug-likeness (QED) is 0.725. The van der Waals surface area contributed by atoms with Crippen molar-refractivity contribution in [3.8, 4) is 0 Å². The van der Waals surface area contributed by atoms with Gasteiger partial charge in [-0.05, 0) is 29.8 Å². The molecule has 0 atom stereocenters. The van der Waals surface area contributed by atoms with Crippen LogP contribution < -0.4 is 0 Å². The first-order valence-electron chi connectivity index (χ1n) is 5.33. The topological polar surface area (TPSA) is 23.9 Å². The maximum atomic E-state index is 8.09. The Bertz CT molecular complexity index is 579. The molecule has 2 rings (SSSR count). The molecule has 2 aromatic rings. The van der Waals surface area contributed by atoms with Crippen LogP contribution in [0.3, 0.4) is 0 Å². The standard InChI is InChI=1S/C14H10BrCl2N/c15-10-3-1-9(2-4-10)7-14(18)12-6-5-11(16)8-13(12)17/h1-6,8,18H,7H2. The van der Waals surface area contributed by atoms with Crippen molar-refractivity contribution in [2.24, 2.45) is 0 Å². The zero-order valence-electron chi connectivity index (χ0n) is 9.38. The van der Waals surface area contributed by atoms with Crippen LogP contribution in [0.5, 0.6) is 0 Å². The lowest BCUT2D eigenvalue weighted by molar-refractivity contribution is 1.27. The fraction of sp³-hybridized carbons (Fsp3) is 0.0714. The molecule has 1 N–H and O–H groups in total. The molecular formula is C14H10BrCl2N. The van der Waals surface area contributed by atoms with E-state index >= 15 is 0 Å². The number of hydrogen-bond donors (Lipinski definition) is 1. The van der Waals surface area contributed by atoms with Gasteiger partial charge in [0.2, 0.25) is 0 Å². The second kappa shape index (κ2) is 5.87. The van der Waals surface area contributed by atoms with Gasteiger partial charge in [-0.2, -0.15) is 0 Å². The normalized spacial score (nSPS) is 10.4. The van der Waals surface area contributed by atoms with Crippen LogP contribution in [0.2, 0.25) is 10.0 Å². The third-order valence-corrected chi connectivity index (χ3v) is 3.63. The summed E-state index contributed by atoms with van der Waals surface area (Å²) in [4.78, 5) is 0. The maximum absolute atomic E-state index is 8.09. The van der Waals surface area contributed by atoms with Gasteiger partial charge >= 0.3 is 0 Å². The summed E-state index contributed by atoms with van der Waals surface area (Å²) < 4.78 is 1.03. The van der Waals surface area contributed by atoms with Crippen molar-refractivity contribution < 1.29 is 0 Å². The maximum Gasteiger partial charge on any atom is 0.0511 e. The van der Waals surface area contributed by atoms with Crippen LogP contribution in [0.4, 0.5) is 0 Å². The summed E-state index contributed by atoms with van der Waals surface area (Å²) in [6.07, 6.45) is 0.550. The van der Waals surface area contributed by atoms with E-state index in [1.165, 1.54) is 0 Å². The SMILES string of the molecule is N=C(Cc1ccc(Br)cc1)c1ccc(Cl)cc1Cl. The first kappa shape index (κ1) is 13.6. The fourth-order valence-corrected chi connectivity index (χ4v) is 2.42. The third kappa shape index (κ3) is 3.35. The summed E-state index contributed by atoms with van der Waals surface area (Å²) in [6, 6.07) is 13.1. The molecule has 92 valence electrons. The molecule has 0 saturated carbocycles. The van der Waals surface area contributed by atoms with Crippen LogP contribution in [-0.4, -0.2) is 5.71 Å². The Morgan fingerprint density at radius 2 is 1.72 bits per heavy atom. The monoisotopic (exact) mass is 341 g/mol. The first-order chi connectivity index (χ1) is 8.56. The van der Waals surface area contributed by atoms with Crippen LogP contribution in [0, 0.1) is 5.41 Å². The highest BCUT2D eigenvalue weighted by Crippen LogP contribution is 2.22. The lowest BCUT2D eigenvalue weighted by Gasteiger charge is -2.07. The molecule has 0 aliphatic rings. The number of hydrogen-bond acceptors (Lipinski definition) is 1. The molecule has 2 aromatic carbocycles. The van der Waals surface area contributed by atoms with Crippen LogP contribution in [0.1, 0.15) is 11.1 Å². The molecule has 0 fully saturated rings. The van der Waals surface area contributed by atoms with Crippen LogP contribution >= 0.6 is 39.1 Å². The Morgan fingerprint density at radius 1 is 1.06 bits per heavy atom. The summed E-state index contributed by atoms with van der Waals surface area (Å²) in [7, 11) is 0. The van der Waals surface area contributed by atoms with E-state index in [0.717, 1.165) is 15.6 Å². The van der Waals surface area contributed by atoms with Crippen LogP contribution in [0.15, 0.2) is 46.9 Å². The van der Waals surface area contributed by atoms with Crippen molar-refractivity contribution in [1.82, 2.24) is 0 Å². The van der Waals surface area contributed by atoms with Gasteiger partial charge in [0, 0.05) is 27.2 Å². The molecule has 0 aromatic heterocycles. The van der Waals surface area contributed by atoms with E-state index in [-0.39, 0.29) is 0 Å². The first-order valence-corrected chi connectivity index (χ1v) is 6.88. The highest BCUT2D eigenvalue weighted by atomic mass is 79.9. The Kier molecular flexibility index (Phi) is 4.44. The van der Waals surface area contributed by atoms with Crippen molar-refractivity contribution in [3.05, 3.63) is 68.1 Å². The molecule has 0 aliphatic carbocycles. The van der Waals surface area contributed by atoms with E-state index in [1.54, 1.807) is 18.2 Å². The predicted octanol–water partition coefficient (Wildman–Crippen LogP) is 5.37. The van der Waals surface area contributed by atoms with Gasteiger partial charge in [0.15, 0.2) is 0 Å². The van der Waals surface area contributed by atoms with Crippen molar-refractivity contribution in [1.29, 1.82) is 5.41 Å². The molecule has 0 saturated heterocycles. The summed E-state index contributed by atoms with van der Waals surface area (Å²) in [5, 5.41) is 9.19. The summed E-state index contributed by atoms with van der Waals surface area (Å²) in [5.41, 5.74) is 2.29. The zero-order valence-corrected chi connectivity index (χ0v) is 12.5. The van der Waals surface area contributed by atoms with Gasteiger partial charge in [0.05, 0.1) is 5.02 Å². The average molecular weight is 343 g/mol. The van der Waals surface area contributed by atoms with Gasteiger partial charge in [-0.15, -0.1) is 0 Å². The lowest BCUT2D eigenvalue weighted by Crippen LogP contribution is -2.04. The molecule has 0 bridgehead atoms. The molecule has 1 nitrogen and oxygen atoms in total. The third-order valence-electron chi connectivity index (χ3n) is 2.55. The molecular weight excluding hydrogens is 333 g/mol. The van der Waals surface area contributed by atoms with E-state index in [9.17, 15) is 0 Å². The molecule has 0 amide bonds. The molecule has 0 spiro atoms. The van der Waals surface area contributed by atoms with Gasteiger partial charge in [-0.25, -0.2) is 0 Å². The Morgan fingerprint density at radius 3 is 2.33 bits per heavy atom. The summed E-state index contributed by atoms with van der Waals surface area (Å²) >= 11 is 15.3. The number of nitrogens with one attached hydrogen (secondary N) is 1. The van der Waals surface area contributed by atoms with Gasteiger partial charge in [-0.1, -0.05) is 57.3 Å². The van der Waals surface area contributed by atoms with Crippen molar-refractivity contribution >= 4 is 44.8 Å². The van der Waals surface area contributed by atoms with Crippen LogP contribution in [-0.2, 0) is 6.42 Å². The van der Waals surface area contributed by atoms with Crippen LogP contribution in [0.25, 0.3) is 0 Å². The highest BCUT2D eigenvalue weighted by molar-refractivity contribution is 9.10. The Labute approximate surface area is 124 Å². The van der Waals surface area contributed by atoms with Gasteiger partial charge < -0.3 is 5.41 Å². The average Bonchev–Trinajstić information content (AvgIpc) is 2.32. The van der Waals surface area contributed by atoms with Gasteiger partial charge in [-0.3, -0.25) is 0 Å². The van der Waals surface area contributed by atoms with Crippen molar-refractivity contribution in [2.75, 3.05) is 0 Å². The Balaban J connectivity index is 2.19. The van der Waals surface area contributed by atoms with E-state index in [0.29, 0.717) is 22.2 Å². The van der Waals surface area contributed by atoms with E-state index in [2.05, 4.69) is 15.9 Å². The largest absolute Gasteiger partial charge is 0.304 e. The minimum absolute atomic E-state index is 0.485. The predicted molar refractivity (Wildman–Crippen MR) is 81.1 cm³/mol. The minimum atomic E-state index is 0.485. The highest BCUT2D eigenvalue weighted by Gasteiger charge is 2.08. The number of rotatable bonds is 3. The van der Waals surface area contributed by atoms with Gasteiger partial charge in [0.25, 0.3) is 0 Å².